The van der Waals surface area contributed by atoms with Gasteiger partial charge in [-0.1, -0.05) is 109 Å². The van der Waals surface area contributed by atoms with E-state index in [1.54, 1.807) is 0 Å². The average molecular weight is 663 g/mol. The lowest BCUT2D eigenvalue weighted by atomic mass is 9.67. The molecular formula is C46H38N4O. The molecule has 1 aliphatic carbocycles. The van der Waals surface area contributed by atoms with E-state index < -0.39 is 0 Å². The van der Waals surface area contributed by atoms with Gasteiger partial charge in [0.15, 0.2) is 17.5 Å². The van der Waals surface area contributed by atoms with Crippen LogP contribution in [0.3, 0.4) is 0 Å². The molecule has 1 saturated carbocycles. The second-order valence-electron chi connectivity index (χ2n) is 13.9. The smallest absolute Gasteiger partial charge is 0.164 e. The molecule has 0 saturated heterocycles. The molecule has 0 radical (unpaired) electrons. The first kappa shape index (κ1) is 31.1. The van der Waals surface area contributed by atoms with Crippen molar-refractivity contribution in [2.75, 3.05) is 0 Å². The number of nitrogens with zero attached hydrogens (tertiary/aromatic N) is 4. The van der Waals surface area contributed by atoms with Gasteiger partial charge in [0.25, 0.3) is 0 Å². The normalized spacial score (nSPS) is 17.6. The van der Waals surface area contributed by atoms with Crippen LogP contribution in [0, 0.1) is 13.8 Å². The Morgan fingerprint density at radius 2 is 1.02 bits per heavy atom. The Balaban J connectivity index is 1.09. The fraction of sp³-hybridized carbons (Fsp3) is 0.174. The van der Waals surface area contributed by atoms with E-state index in [2.05, 4.69) is 108 Å². The van der Waals surface area contributed by atoms with Crippen LogP contribution in [-0.2, 0) is 0 Å². The van der Waals surface area contributed by atoms with Crippen LogP contribution in [0.2, 0.25) is 0 Å². The van der Waals surface area contributed by atoms with Crippen molar-refractivity contribution in [3.63, 3.8) is 0 Å². The summed E-state index contributed by atoms with van der Waals surface area (Å²) in [6, 6.07) is 49.5. The van der Waals surface area contributed by atoms with Crippen LogP contribution in [0.4, 0.5) is 0 Å². The number of fused-ring (bicyclic) bond motifs is 3. The Morgan fingerprint density at radius 1 is 0.451 bits per heavy atom. The van der Waals surface area contributed by atoms with Gasteiger partial charge in [0.05, 0.1) is 0 Å². The highest BCUT2D eigenvalue weighted by Gasteiger charge is 2.33. The van der Waals surface area contributed by atoms with E-state index in [0.29, 0.717) is 35.2 Å². The summed E-state index contributed by atoms with van der Waals surface area (Å²) >= 11 is 0. The number of pyridine rings is 1. The van der Waals surface area contributed by atoms with E-state index in [1.807, 2.05) is 50.2 Å². The van der Waals surface area contributed by atoms with Crippen LogP contribution in [0.5, 0.6) is 0 Å². The van der Waals surface area contributed by atoms with Gasteiger partial charge in [0.1, 0.15) is 11.2 Å². The third-order valence-electron chi connectivity index (χ3n) is 10.6. The van der Waals surface area contributed by atoms with Gasteiger partial charge in [0.2, 0.25) is 0 Å². The summed E-state index contributed by atoms with van der Waals surface area (Å²) in [5.41, 5.74) is 10.5. The van der Waals surface area contributed by atoms with Gasteiger partial charge in [0, 0.05) is 38.9 Å². The van der Waals surface area contributed by atoms with Crippen molar-refractivity contribution < 1.29 is 4.42 Å². The zero-order valence-corrected chi connectivity index (χ0v) is 28.8. The van der Waals surface area contributed by atoms with Crippen molar-refractivity contribution in [3.8, 4) is 34.2 Å². The molecule has 8 aromatic rings. The third kappa shape index (κ3) is 6.10. The van der Waals surface area contributed by atoms with E-state index in [1.165, 1.54) is 23.1 Å². The number of benzene rings is 5. The number of aryl methyl sites for hydroxylation is 2. The minimum absolute atomic E-state index is 0.434. The summed E-state index contributed by atoms with van der Waals surface area (Å²) in [6.07, 6.45) is 3.46. The highest BCUT2D eigenvalue weighted by atomic mass is 16.3. The highest BCUT2D eigenvalue weighted by Crippen LogP contribution is 2.49. The quantitative estimate of drug-likeness (QED) is 0.177. The van der Waals surface area contributed by atoms with Crippen molar-refractivity contribution in [2.24, 2.45) is 0 Å². The summed E-state index contributed by atoms with van der Waals surface area (Å²) in [5, 5.41) is 2.17. The fourth-order valence-electron chi connectivity index (χ4n) is 8.14. The molecule has 5 nitrogen and oxygen atoms in total. The second-order valence-corrected chi connectivity index (χ2v) is 13.9. The predicted octanol–water partition coefficient (Wildman–Crippen LogP) is 11.6. The molecule has 9 rings (SSSR count). The van der Waals surface area contributed by atoms with Crippen molar-refractivity contribution >= 4 is 21.9 Å². The molecule has 1 fully saturated rings. The van der Waals surface area contributed by atoms with E-state index in [4.69, 9.17) is 19.4 Å². The summed E-state index contributed by atoms with van der Waals surface area (Å²) in [5.74, 6) is 3.32. The van der Waals surface area contributed by atoms with Crippen molar-refractivity contribution in [3.05, 3.63) is 168 Å². The first-order valence-electron chi connectivity index (χ1n) is 17.9. The molecule has 3 atom stereocenters. The Labute approximate surface area is 298 Å². The molecule has 5 heteroatoms. The summed E-state index contributed by atoms with van der Waals surface area (Å²) < 4.78 is 6.24. The van der Waals surface area contributed by atoms with Gasteiger partial charge in [-0.3, -0.25) is 4.98 Å². The Bertz CT molecular complexity index is 2470. The van der Waals surface area contributed by atoms with Gasteiger partial charge >= 0.3 is 0 Å². The number of hydrogen-bond donors (Lipinski definition) is 0. The van der Waals surface area contributed by atoms with E-state index >= 15 is 0 Å². The second kappa shape index (κ2) is 13.1. The largest absolute Gasteiger partial charge is 0.456 e. The lowest BCUT2D eigenvalue weighted by Crippen LogP contribution is -2.21. The average Bonchev–Trinajstić information content (AvgIpc) is 3.56. The van der Waals surface area contributed by atoms with Crippen molar-refractivity contribution in [2.45, 2.75) is 50.9 Å². The number of aromatic nitrogens is 4. The minimum Gasteiger partial charge on any atom is -0.456 e. The number of para-hydroxylation sites is 1. The van der Waals surface area contributed by atoms with Crippen LogP contribution in [0.25, 0.3) is 56.1 Å². The maximum atomic E-state index is 6.24. The van der Waals surface area contributed by atoms with Crippen LogP contribution >= 0.6 is 0 Å². The van der Waals surface area contributed by atoms with Crippen LogP contribution in [0.1, 0.15) is 65.1 Å². The Morgan fingerprint density at radius 3 is 1.75 bits per heavy atom. The van der Waals surface area contributed by atoms with E-state index in [9.17, 15) is 0 Å². The lowest BCUT2D eigenvalue weighted by molar-refractivity contribution is 0.347. The summed E-state index contributed by atoms with van der Waals surface area (Å²) in [7, 11) is 0. The fourth-order valence-corrected chi connectivity index (χ4v) is 8.14. The van der Waals surface area contributed by atoms with Gasteiger partial charge in [-0.25, -0.2) is 15.0 Å². The maximum absolute atomic E-state index is 6.24. The third-order valence-corrected chi connectivity index (χ3v) is 10.6. The Hall–Kier alpha value is -5.94. The number of hydrogen-bond acceptors (Lipinski definition) is 5. The molecule has 3 heterocycles. The van der Waals surface area contributed by atoms with Gasteiger partial charge < -0.3 is 4.42 Å². The molecule has 248 valence electrons. The zero-order chi connectivity index (χ0) is 34.3. The first-order valence-corrected chi connectivity index (χ1v) is 17.9. The molecular weight excluding hydrogens is 625 g/mol. The number of rotatable bonds is 6. The SMILES string of the molecule is Cc1cc(-c2nc(-c3ccc(C4CCC(c5ccccc5)CC4c4ccccc4)cc3)nc(-c3ccc4c(c3)oc3ccccc34)n2)cc(C)n1. The van der Waals surface area contributed by atoms with Crippen LogP contribution in [-0.4, -0.2) is 19.9 Å². The van der Waals surface area contributed by atoms with Gasteiger partial charge in [-0.2, -0.15) is 0 Å². The van der Waals surface area contributed by atoms with E-state index in [-0.39, 0.29) is 0 Å². The number of furan rings is 1. The molecule has 1 aliphatic rings. The molecule has 51 heavy (non-hydrogen) atoms. The molecule has 0 N–H and O–H groups in total. The maximum Gasteiger partial charge on any atom is 0.164 e. The summed E-state index contributed by atoms with van der Waals surface area (Å²) in [6.45, 7) is 4.01. The monoisotopic (exact) mass is 662 g/mol. The van der Waals surface area contributed by atoms with Gasteiger partial charge in [-0.05, 0) is 97.9 Å². The molecule has 0 amide bonds. The molecule has 0 aliphatic heterocycles. The molecule has 5 aromatic carbocycles. The van der Waals surface area contributed by atoms with Crippen LogP contribution in [0.15, 0.2) is 144 Å². The van der Waals surface area contributed by atoms with Crippen molar-refractivity contribution in [1.82, 2.24) is 19.9 Å². The van der Waals surface area contributed by atoms with Crippen molar-refractivity contribution in [1.29, 1.82) is 0 Å². The predicted molar refractivity (Wildman–Crippen MR) is 206 cm³/mol. The first-order chi connectivity index (χ1) is 25.1. The van der Waals surface area contributed by atoms with E-state index in [0.717, 1.165) is 62.9 Å². The Kier molecular flexibility index (Phi) is 7.96. The summed E-state index contributed by atoms with van der Waals surface area (Å²) in [4.78, 5) is 19.7. The zero-order valence-electron chi connectivity index (χ0n) is 28.8. The molecule has 0 bridgehead atoms. The van der Waals surface area contributed by atoms with Gasteiger partial charge in [-0.15, -0.1) is 0 Å². The minimum atomic E-state index is 0.434. The molecule has 3 unspecified atom stereocenters. The highest BCUT2D eigenvalue weighted by molar-refractivity contribution is 6.05. The molecule has 0 spiro atoms. The lowest BCUT2D eigenvalue weighted by Gasteiger charge is -2.37. The standard InChI is InChI=1S/C46H38N4O/c1-29-25-37(26-30(2)47-29)46-49-44(48-45(50-46)36-22-24-40-39-15-9-10-16-42(39)51-43(40)28-36)34-19-17-33(18-20-34)38-23-21-35(31-11-5-3-6-12-31)27-41(38)32-13-7-4-8-14-32/h3-20,22,24-26,28,35,38,41H,21,23,27H2,1-2H3. The topological polar surface area (TPSA) is 64.7 Å². The van der Waals surface area contributed by atoms with Crippen LogP contribution < -0.4 is 0 Å². The molecule has 3 aromatic heterocycles.